The van der Waals surface area contributed by atoms with E-state index < -0.39 is 0 Å². The Kier molecular flexibility index (Phi) is 8.38. The third-order valence-electron chi connectivity index (χ3n) is 2.55. The van der Waals surface area contributed by atoms with Gasteiger partial charge in [-0.1, -0.05) is 29.3 Å². The molecule has 1 atom stereocenters. The quantitative estimate of drug-likeness (QED) is 0.576. The van der Waals surface area contributed by atoms with Crippen molar-refractivity contribution in [3.05, 3.63) is 28.2 Å². The average molecular weight is 336 g/mol. The molecule has 0 aromatic heterocycles. The smallest absolute Gasteiger partial charge is 0.233 e. The maximum absolute atomic E-state index is 11.9. The number of ether oxygens (including phenoxy) is 1. The number of rotatable bonds is 8. The number of hydrogen-bond acceptors (Lipinski definition) is 3. The summed E-state index contributed by atoms with van der Waals surface area (Å²) < 4.78 is 5.21. The third kappa shape index (κ3) is 5.92. The van der Waals surface area contributed by atoms with Crippen LogP contribution >= 0.6 is 35.0 Å². The summed E-state index contributed by atoms with van der Waals surface area (Å²) in [5.74, 6) is -0.0255. The summed E-state index contributed by atoms with van der Waals surface area (Å²) >= 11 is 13.5. The first-order chi connectivity index (χ1) is 9.56. The topological polar surface area (TPSA) is 38.3 Å². The van der Waals surface area contributed by atoms with Crippen LogP contribution in [0.25, 0.3) is 0 Å². The van der Waals surface area contributed by atoms with Gasteiger partial charge >= 0.3 is 0 Å². The number of thioether (sulfide) groups is 1. The lowest BCUT2D eigenvalue weighted by Gasteiger charge is -2.13. The van der Waals surface area contributed by atoms with Gasteiger partial charge in [-0.05, 0) is 32.4 Å². The number of amides is 1. The van der Waals surface area contributed by atoms with E-state index in [4.69, 9.17) is 27.9 Å². The van der Waals surface area contributed by atoms with Crippen LogP contribution in [0.5, 0.6) is 0 Å². The van der Waals surface area contributed by atoms with Gasteiger partial charge in [-0.25, -0.2) is 0 Å². The first-order valence-corrected chi connectivity index (χ1v) is 8.16. The van der Waals surface area contributed by atoms with E-state index in [2.05, 4.69) is 5.32 Å². The Bertz CT molecular complexity index is 423. The normalized spacial score (nSPS) is 12.2. The maximum Gasteiger partial charge on any atom is 0.233 e. The van der Waals surface area contributed by atoms with Crippen LogP contribution in [0.3, 0.4) is 0 Å². The van der Waals surface area contributed by atoms with Crippen LogP contribution in [-0.2, 0) is 9.53 Å². The molecule has 3 nitrogen and oxygen atoms in total. The highest BCUT2D eigenvalue weighted by Crippen LogP contribution is 2.36. The molecule has 0 saturated heterocycles. The maximum atomic E-state index is 11.9. The number of carbonyl (C=O) groups excluding carboxylic acids is 1. The molecule has 1 aromatic carbocycles. The van der Waals surface area contributed by atoms with Crippen LogP contribution in [0, 0.1) is 0 Å². The molecule has 0 aliphatic heterocycles. The molecule has 0 fully saturated rings. The van der Waals surface area contributed by atoms with Crippen molar-refractivity contribution < 1.29 is 9.53 Å². The molecule has 0 saturated carbocycles. The van der Waals surface area contributed by atoms with Crippen molar-refractivity contribution in [3.63, 3.8) is 0 Å². The summed E-state index contributed by atoms with van der Waals surface area (Å²) in [7, 11) is 0. The monoisotopic (exact) mass is 335 g/mol. The highest BCUT2D eigenvalue weighted by Gasteiger charge is 2.17. The molecule has 1 rings (SSSR count). The molecule has 1 N–H and O–H groups in total. The van der Waals surface area contributed by atoms with Crippen molar-refractivity contribution >= 4 is 40.9 Å². The van der Waals surface area contributed by atoms with Gasteiger partial charge in [-0.15, -0.1) is 11.8 Å². The lowest BCUT2D eigenvalue weighted by atomic mass is 10.4. The van der Waals surface area contributed by atoms with Crippen molar-refractivity contribution in [1.82, 2.24) is 5.32 Å². The molecule has 0 heterocycles. The van der Waals surface area contributed by atoms with Gasteiger partial charge in [0.05, 0.1) is 15.3 Å². The zero-order chi connectivity index (χ0) is 15.0. The number of hydrogen-bond donors (Lipinski definition) is 1. The Hall–Kier alpha value is -0.420. The van der Waals surface area contributed by atoms with E-state index in [1.54, 1.807) is 18.2 Å². The number of carbonyl (C=O) groups is 1. The second-order valence-electron chi connectivity index (χ2n) is 4.15. The fraction of sp³-hybridized carbons (Fsp3) is 0.500. The van der Waals surface area contributed by atoms with E-state index in [-0.39, 0.29) is 11.2 Å². The Morgan fingerprint density at radius 3 is 2.65 bits per heavy atom. The van der Waals surface area contributed by atoms with Gasteiger partial charge in [0.1, 0.15) is 0 Å². The summed E-state index contributed by atoms with van der Waals surface area (Å²) in [6.07, 6.45) is 0.809. The average Bonchev–Trinajstić information content (AvgIpc) is 2.42. The highest BCUT2D eigenvalue weighted by molar-refractivity contribution is 8.00. The first-order valence-electron chi connectivity index (χ1n) is 6.52. The van der Waals surface area contributed by atoms with Gasteiger partial charge < -0.3 is 10.1 Å². The van der Waals surface area contributed by atoms with Crippen molar-refractivity contribution in [2.45, 2.75) is 30.4 Å². The molecule has 0 spiro atoms. The van der Waals surface area contributed by atoms with Gasteiger partial charge in [0, 0.05) is 24.7 Å². The predicted octanol–water partition coefficient (Wildman–Crippen LogP) is 4.02. The molecule has 0 aliphatic carbocycles. The van der Waals surface area contributed by atoms with Crippen LogP contribution in [0.15, 0.2) is 23.1 Å². The largest absolute Gasteiger partial charge is 0.382 e. The standard InChI is InChI=1S/C14H19Cl2NO2S/c1-3-19-9-5-8-17-14(18)10(2)20-13-11(15)6-4-7-12(13)16/h4,6-7,10H,3,5,8-9H2,1-2H3,(H,17,18). The van der Waals surface area contributed by atoms with Crippen LogP contribution in [0.2, 0.25) is 10.0 Å². The zero-order valence-corrected chi connectivity index (χ0v) is 13.9. The van der Waals surface area contributed by atoms with Gasteiger partial charge in [-0.2, -0.15) is 0 Å². The molecule has 6 heteroatoms. The summed E-state index contributed by atoms with van der Waals surface area (Å²) in [5.41, 5.74) is 0. The second-order valence-corrected chi connectivity index (χ2v) is 6.32. The molecule has 20 heavy (non-hydrogen) atoms. The van der Waals surface area contributed by atoms with Crippen LogP contribution in [0.1, 0.15) is 20.3 Å². The molecular weight excluding hydrogens is 317 g/mol. The van der Waals surface area contributed by atoms with Crippen molar-refractivity contribution in [1.29, 1.82) is 0 Å². The Balaban J connectivity index is 2.42. The van der Waals surface area contributed by atoms with Crippen LogP contribution in [0.4, 0.5) is 0 Å². The summed E-state index contributed by atoms with van der Waals surface area (Å²) in [6.45, 7) is 5.76. The molecule has 1 amide bonds. The van der Waals surface area contributed by atoms with Gasteiger partial charge in [0.25, 0.3) is 0 Å². The number of nitrogens with one attached hydrogen (secondary N) is 1. The Morgan fingerprint density at radius 1 is 1.40 bits per heavy atom. The van der Waals surface area contributed by atoms with E-state index in [1.807, 2.05) is 13.8 Å². The minimum absolute atomic E-state index is 0.0255. The molecule has 1 aromatic rings. The van der Waals surface area contributed by atoms with E-state index in [0.717, 1.165) is 11.3 Å². The second kappa shape index (κ2) is 9.50. The predicted molar refractivity (Wildman–Crippen MR) is 85.9 cm³/mol. The molecular formula is C14H19Cl2NO2S. The summed E-state index contributed by atoms with van der Waals surface area (Å²) in [5, 5.41) is 3.76. The minimum Gasteiger partial charge on any atom is -0.382 e. The van der Waals surface area contributed by atoms with E-state index in [9.17, 15) is 4.79 Å². The highest BCUT2D eigenvalue weighted by atomic mass is 35.5. The van der Waals surface area contributed by atoms with Crippen molar-refractivity contribution in [3.8, 4) is 0 Å². The lowest BCUT2D eigenvalue weighted by Crippen LogP contribution is -2.32. The molecule has 0 bridgehead atoms. The molecule has 112 valence electrons. The molecule has 1 unspecified atom stereocenters. The molecule has 0 radical (unpaired) electrons. The Morgan fingerprint density at radius 2 is 2.05 bits per heavy atom. The van der Waals surface area contributed by atoms with Gasteiger partial charge in [-0.3, -0.25) is 4.79 Å². The molecule has 0 aliphatic rings. The Labute approximate surface area is 134 Å². The van der Waals surface area contributed by atoms with Gasteiger partial charge in [0.2, 0.25) is 5.91 Å². The van der Waals surface area contributed by atoms with Crippen molar-refractivity contribution in [2.24, 2.45) is 0 Å². The van der Waals surface area contributed by atoms with E-state index >= 15 is 0 Å². The number of halogens is 2. The number of benzene rings is 1. The van der Waals surface area contributed by atoms with E-state index in [0.29, 0.717) is 29.8 Å². The lowest BCUT2D eigenvalue weighted by molar-refractivity contribution is -0.120. The minimum atomic E-state index is -0.250. The summed E-state index contributed by atoms with van der Waals surface area (Å²) in [6, 6.07) is 5.32. The van der Waals surface area contributed by atoms with Crippen LogP contribution < -0.4 is 5.32 Å². The van der Waals surface area contributed by atoms with Gasteiger partial charge in [0.15, 0.2) is 0 Å². The van der Waals surface area contributed by atoms with Crippen LogP contribution in [-0.4, -0.2) is 30.9 Å². The van der Waals surface area contributed by atoms with Crippen molar-refractivity contribution in [2.75, 3.05) is 19.8 Å². The zero-order valence-electron chi connectivity index (χ0n) is 11.6. The fourth-order valence-electron chi connectivity index (χ4n) is 1.50. The SMILES string of the molecule is CCOCCCNC(=O)C(C)Sc1c(Cl)cccc1Cl. The van der Waals surface area contributed by atoms with E-state index in [1.165, 1.54) is 11.8 Å². The third-order valence-corrected chi connectivity index (χ3v) is 4.65. The first kappa shape index (κ1) is 17.6. The fourth-order valence-corrected chi connectivity index (χ4v) is 3.07. The summed E-state index contributed by atoms with van der Waals surface area (Å²) in [4.78, 5) is 12.7.